The van der Waals surface area contributed by atoms with Crippen LogP contribution in [0.3, 0.4) is 0 Å². The Labute approximate surface area is 118 Å². The summed E-state index contributed by atoms with van der Waals surface area (Å²) in [6.45, 7) is 12.7. The number of hydrogen-bond acceptors (Lipinski definition) is 3. The molecule has 3 saturated heterocycles. The Morgan fingerprint density at radius 2 is 1.84 bits per heavy atom. The van der Waals surface area contributed by atoms with Gasteiger partial charge in [0.05, 0.1) is 0 Å². The molecule has 0 spiro atoms. The first-order valence-electron chi connectivity index (χ1n) is 8.43. The number of fused-ring (bicyclic) bond motifs is 2. The van der Waals surface area contributed by atoms with Gasteiger partial charge in [-0.25, -0.2) is 0 Å². The Morgan fingerprint density at radius 3 is 2.58 bits per heavy atom. The van der Waals surface area contributed by atoms with Crippen LogP contribution in [-0.2, 0) is 0 Å². The second-order valence-electron chi connectivity index (χ2n) is 7.19. The standard InChI is InChI=1S/C16H31N3/c1-13(2)19(11-14-3-7-17-8-4-14)16-6-10-18-9-5-15(16)12-18/h13-17H,3-12H2,1-2H3. The van der Waals surface area contributed by atoms with Gasteiger partial charge in [-0.2, -0.15) is 0 Å². The van der Waals surface area contributed by atoms with Crippen LogP contribution in [-0.4, -0.2) is 61.2 Å². The van der Waals surface area contributed by atoms with Gasteiger partial charge in [0, 0.05) is 25.2 Å². The van der Waals surface area contributed by atoms with Gasteiger partial charge >= 0.3 is 0 Å². The summed E-state index contributed by atoms with van der Waals surface area (Å²) in [5.74, 6) is 1.89. The van der Waals surface area contributed by atoms with Gasteiger partial charge in [-0.3, -0.25) is 4.90 Å². The summed E-state index contributed by atoms with van der Waals surface area (Å²) in [5, 5.41) is 3.50. The largest absolute Gasteiger partial charge is 0.317 e. The molecule has 0 amide bonds. The van der Waals surface area contributed by atoms with Crippen molar-refractivity contribution >= 4 is 0 Å². The van der Waals surface area contributed by atoms with E-state index in [0.29, 0.717) is 6.04 Å². The fourth-order valence-corrected chi connectivity index (χ4v) is 4.46. The van der Waals surface area contributed by atoms with Gasteiger partial charge < -0.3 is 10.2 Å². The molecule has 0 aliphatic carbocycles. The number of hydrogen-bond donors (Lipinski definition) is 1. The Bertz CT molecular complexity index is 286. The predicted octanol–water partition coefficient (Wildman–Crippen LogP) is 1.79. The maximum atomic E-state index is 3.50. The van der Waals surface area contributed by atoms with Crippen LogP contribution in [0.2, 0.25) is 0 Å². The molecule has 0 saturated carbocycles. The zero-order valence-corrected chi connectivity index (χ0v) is 12.8. The van der Waals surface area contributed by atoms with Gasteiger partial charge in [-0.1, -0.05) is 0 Å². The van der Waals surface area contributed by atoms with E-state index in [9.17, 15) is 0 Å². The van der Waals surface area contributed by atoms with Gasteiger partial charge in [0.15, 0.2) is 0 Å². The summed E-state index contributed by atoms with van der Waals surface area (Å²) in [6.07, 6.45) is 5.62. The number of nitrogens with one attached hydrogen (secondary N) is 1. The molecule has 0 aromatic carbocycles. The SMILES string of the molecule is CC(C)N(CC1CCNCC1)C1CCN2CCC1C2. The van der Waals surface area contributed by atoms with E-state index in [1.54, 1.807) is 0 Å². The van der Waals surface area contributed by atoms with E-state index in [0.717, 1.165) is 17.9 Å². The third-order valence-electron chi connectivity index (χ3n) is 5.61. The lowest BCUT2D eigenvalue weighted by Gasteiger charge is -2.43. The van der Waals surface area contributed by atoms with Crippen LogP contribution in [0, 0.1) is 11.8 Å². The van der Waals surface area contributed by atoms with Crippen LogP contribution in [0.1, 0.15) is 39.5 Å². The topological polar surface area (TPSA) is 18.5 Å². The van der Waals surface area contributed by atoms with Crippen LogP contribution in [0.5, 0.6) is 0 Å². The van der Waals surface area contributed by atoms with Crippen molar-refractivity contribution in [3.05, 3.63) is 0 Å². The maximum absolute atomic E-state index is 3.50. The molecule has 3 unspecified atom stereocenters. The molecule has 3 aliphatic rings. The minimum atomic E-state index is 0.715. The highest BCUT2D eigenvalue weighted by Gasteiger charge is 2.38. The van der Waals surface area contributed by atoms with E-state index in [2.05, 4.69) is 29.0 Å². The zero-order chi connectivity index (χ0) is 13.2. The summed E-state index contributed by atoms with van der Waals surface area (Å²) in [6, 6.07) is 1.58. The highest BCUT2D eigenvalue weighted by Crippen LogP contribution is 2.32. The van der Waals surface area contributed by atoms with Gasteiger partial charge in [0.2, 0.25) is 0 Å². The molecule has 110 valence electrons. The average Bonchev–Trinajstić information content (AvgIpc) is 2.80. The lowest BCUT2D eigenvalue weighted by atomic mass is 9.89. The van der Waals surface area contributed by atoms with E-state index in [1.807, 2.05) is 0 Å². The van der Waals surface area contributed by atoms with Crippen LogP contribution >= 0.6 is 0 Å². The van der Waals surface area contributed by atoms with Crippen molar-refractivity contribution < 1.29 is 0 Å². The van der Waals surface area contributed by atoms with Gasteiger partial charge in [0.1, 0.15) is 0 Å². The van der Waals surface area contributed by atoms with Crippen molar-refractivity contribution in [3.63, 3.8) is 0 Å². The van der Waals surface area contributed by atoms with E-state index in [1.165, 1.54) is 65.0 Å². The Balaban J connectivity index is 1.62. The fraction of sp³-hybridized carbons (Fsp3) is 1.00. The highest BCUT2D eigenvalue weighted by molar-refractivity contribution is 4.93. The van der Waals surface area contributed by atoms with Gasteiger partial charge in [-0.05, 0) is 77.5 Å². The Kier molecular flexibility index (Phi) is 4.45. The van der Waals surface area contributed by atoms with Crippen molar-refractivity contribution in [2.24, 2.45) is 11.8 Å². The molecule has 3 atom stereocenters. The molecule has 3 rings (SSSR count). The summed E-state index contributed by atoms with van der Waals surface area (Å²) < 4.78 is 0. The first kappa shape index (κ1) is 13.8. The second-order valence-corrected chi connectivity index (χ2v) is 7.19. The molecule has 3 heterocycles. The molecule has 3 heteroatoms. The molecule has 19 heavy (non-hydrogen) atoms. The summed E-state index contributed by atoms with van der Waals surface area (Å²) in [5.41, 5.74) is 0. The molecular formula is C16H31N3. The summed E-state index contributed by atoms with van der Waals surface area (Å²) >= 11 is 0. The van der Waals surface area contributed by atoms with Crippen molar-refractivity contribution in [2.75, 3.05) is 39.3 Å². The molecule has 0 aromatic heterocycles. The zero-order valence-electron chi connectivity index (χ0n) is 12.8. The van der Waals surface area contributed by atoms with Crippen LogP contribution in [0.15, 0.2) is 0 Å². The smallest absolute Gasteiger partial charge is 0.0151 e. The van der Waals surface area contributed by atoms with Crippen molar-refractivity contribution in [2.45, 2.75) is 51.6 Å². The number of rotatable bonds is 4. The normalized spacial score (nSPS) is 36.3. The van der Waals surface area contributed by atoms with E-state index >= 15 is 0 Å². The average molecular weight is 265 g/mol. The molecule has 0 radical (unpaired) electrons. The van der Waals surface area contributed by atoms with Gasteiger partial charge in [-0.15, -0.1) is 0 Å². The Hall–Kier alpha value is -0.120. The van der Waals surface area contributed by atoms with Gasteiger partial charge in [0.25, 0.3) is 0 Å². The minimum absolute atomic E-state index is 0.715. The van der Waals surface area contributed by atoms with Crippen LogP contribution in [0.25, 0.3) is 0 Å². The molecule has 2 bridgehead atoms. The first-order chi connectivity index (χ1) is 9.24. The third-order valence-corrected chi connectivity index (χ3v) is 5.61. The van der Waals surface area contributed by atoms with E-state index < -0.39 is 0 Å². The lowest BCUT2D eigenvalue weighted by molar-refractivity contribution is 0.0546. The first-order valence-corrected chi connectivity index (χ1v) is 8.43. The maximum Gasteiger partial charge on any atom is 0.0151 e. The summed E-state index contributed by atoms with van der Waals surface area (Å²) in [7, 11) is 0. The van der Waals surface area contributed by atoms with Crippen LogP contribution in [0.4, 0.5) is 0 Å². The minimum Gasteiger partial charge on any atom is -0.317 e. The summed E-state index contributed by atoms with van der Waals surface area (Å²) in [4.78, 5) is 5.54. The molecule has 3 aliphatic heterocycles. The quantitative estimate of drug-likeness (QED) is 0.836. The van der Waals surface area contributed by atoms with E-state index in [4.69, 9.17) is 0 Å². The lowest BCUT2D eigenvalue weighted by Crippen LogP contribution is -2.51. The Morgan fingerprint density at radius 1 is 1.11 bits per heavy atom. The van der Waals surface area contributed by atoms with E-state index in [-0.39, 0.29) is 0 Å². The van der Waals surface area contributed by atoms with Crippen molar-refractivity contribution in [1.29, 1.82) is 0 Å². The molecule has 1 N–H and O–H groups in total. The fourth-order valence-electron chi connectivity index (χ4n) is 4.46. The molecule has 3 nitrogen and oxygen atoms in total. The second kappa shape index (κ2) is 6.11. The number of nitrogens with zero attached hydrogens (tertiary/aromatic N) is 2. The van der Waals surface area contributed by atoms with Crippen molar-refractivity contribution in [1.82, 2.24) is 15.1 Å². The molecular weight excluding hydrogens is 234 g/mol. The number of piperidine rings is 2. The third kappa shape index (κ3) is 3.14. The van der Waals surface area contributed by atoms with Crippen molar-refractivity contribution in [3.8, 4) is 0 Å². The molecule has 3 fully saturated rings. The van der Waals surface area contributed by atoms with Crippen LogP contribution < -0.4 is 5.32 Å². The highest BCUT2D eigenvalue weighted by atomic mass is 15.2. The monoisotopic (exact) mass is 265 g/mol. The predicted molar refractivity (Wildman–Crippen MR) is 80.4 cm³/mol. The molecule has 0 aromatic rings.